The number of ether oxygens (including phenoxy) is 1. The number of hydrogen-bond acceptors (Lipinski definition) is 5. The smallest absolute Gasteiger partial charge is 0.306 e. The lowest BCUT2D eigenvalue weighted by molar-refractivity contribution is -0.151. The molecule has 3 unspecified atom stereocenters. The largest absolute Gasteiger partial charge is 0.462 e. The Balaban J connectivity index is 4.56. The molecule has 0 aliphatic rings. The molecule has 3 N–H and O–H groups in total. The Hall–Kier alpha value is -1.92. The van der Waals surface area contributed by atoms with Gasteiger partial charge in [0.2, 0.25) is 5.91 Å². The Bertz CT molecular complexity index is 977. The summed E-state index contributed by atoms with van der Waals surface area (Å²) in [5, 5.41) is 23.7. The average Bonchev–Trinajstić information content (AvgIpc) is 3.23. The van der Waals surface area contributed by atoms with Gasteiger partial charge in [-0.25, -0.2) is 0 Å². The Morgan fingerprint density at radius 3 is 1.39 bits per heavy atom. The number of rotatable bonds is 46. The number of aliphatic hydroxyl groups is 2. The standard InChI is InChI=1S/C53H99NO5/c1-4-7-10-13-16-19-22-24-25-26-28-31-34-37-40-43-46-53(58)59-49(44-41-38-35-32-30-27-23-20-17-14-11-8-5-2)47-52(57)54-50(48-55)51(56)45-42-39-36-33-29-21-18-15-12-9-6-3/h7,10,16,19,24-25,49-51,55-56H,4-6,8-9,11-15,17-18,20-23,26-48H2,1-3H3,(H,54,57)/b10-7+,19-16+,25-24+. The number of nitrogens with one attached hydrogen (secondary N) is 1. The van der Waals surface area contributed by atoms with Crippen LogP contribution in [-0.2, 0) is 14.3 Å². The molecule has 0 aromatic heterocycles. The van der Waals surface area contributed by atoms with E-state index in [1.165, 1.54) is 141 Å². The summed E-state index contributed by atoms with van der Waals surface area (Å²) in [5.74, 6) is -0.478. The quantitative estimate of drug-likeness (QED) is 0.0323. The molecule has 0 aromatic rings. The first kappa shape index (κ1) is 57.1. The van der Waals surface area contributed by atoms with Gasteiger partial charge >= 0.3 is 5.97 Å². The van der Waals surface area contributed by atoms with Crippen LogP contribution in [0.1, 0.15) is 265 Å². The maximum atomic E-state index is 13.2. The van der Waals surface area contributed by atoms with Gasteiger partial charge in [0.1, 0.15) is 6.10 Å². The maximum Gasteiger partial charge on any atom is 0.306 e. The van der Waals surface area contributed by atoms with E-state index in [0.29, 0.717) is 19.3 Å². The van der Waals surface area contributed by atoms with E-state index >= 15 is 0 Å². The topological polar surface area (TPSA) is 95.9 Å². The van der Waals surface area contributed by atoms with Crippen LogP contribution in [-0.4, -0.2) is 46.9 Å². The molecule has 0 radical (unpaired) electrons. The number of allylic oxidation sites excluding steroid dienone is 6. The molecular weight excluding hydrogens is 731 g/mol. The molecule has 1 amide bonds. The molecule has 0 aliphatic carbocycles. The van der Waals surface area contributed by atoms with Crippen LogP contribution in [0.3, 0.4) is 0 Å². The molecular formula is C53H99NO5. The van der Waals surface area contributed by atoms with E-state index in [-0.39, 0.29) is 24.9 Å². The fraction of sp³-hybridized carbons (Fsp3) is 0.849. The van der Waals surface area contributed by atoms with Crippen molar-refractivity contribution < 1.29 is 24.5 Å². The highest BCUT2D eigenvalue weighted by Gasteiger charge is 2.24. The van der Waals surface area contributed by atoms with Crippen molar-refractivity contribution >= 4 is 11.9 Å². The van der Waals surface area contributed by atoms with E-state index in [1.807, 2.05) is 0 Å². The van der Waals surface area contributed by atoms with Crippen LogP contribution < -0.4 is 5.32 Å². The molecule has 0 saturated carbocycles. The van der Waals surface area contributed by atoms with Crippen LogP contribution in [0.4, 0.5) is 0 Å². The zero-order chi connectivity index (χ0) is 43.1. The highest BCUT2D eigenvalue weighted by molar-refractivity contribution is 5.77. The Labute approximate surface area is 366 Å². The third-order valence-corrected chi connectivity index (χ3v) is 11.7. The molecule has 346 valence electrons. The van der Waals surface area contributed by atoms with Gasteiger partial charge in [0, 0.05) is 6.42 Å². The van der Waals surface area contributed by atoms with Gasteiger partial charge in [-0.2, -0.15) is 0 Å². The van der Waals surface area contributed by atoms with E-state index in [1.54, 1.807) is 0 Å². The van der Waals surface area contributed by atoms with Crippen molar-refractivity contribution in [3.8, 4) is 0 Å². The van der Waals surface area contributed by atoms with Gasteiger partial charge in [0.25, 0.3) is 0 Å². The third-order valence-electron chi connectivity index (χ3n) is 11.7. The summed E-state index contributed by atoms with van der Waals surface area (Å²) in [4.78, 5) is 26.1. The SMILES string of the molecule is CC/C=C/C/C=C/C/C=C/CCCCCCCCC(=O)OC(CCCCCCCCCCCCCCC)CC(=O)NC(CO)C(O)CCCCCCCCCCCCC. The van der Waals surface area contributed by atoms with Crippen molar-refractivity contribution in [3.63, 3.8) is 0 Å². The summed E-state index contributed by atoms with van der Waals surface area (Å²) in [5.41, 5.74) is 0. The van der Waals surface area contributed by atoms with Crippen molar-refractivity contribution in [3.05, 3.63) is 36.5 Å². The number of esters is 1. The zero-order valence-electron chi connectivity index (χ0n) is 39.4. The molecule has 0 spiro atoms. The molecule has 0 rings (SSSR count). The monoisotopic (exact) mass is 830 g/mol. The minimum absolute atomic E-state index is 0.0761. The molecule has 0 aliphatic heterocycles. The fourth-order valence-electron chi connectivity index (χ4n) is 7.86. The van der Waals surface area contributed by atoms with Crippen LogP contribution in [0.5, 0.6) is 0 Å². The van der Waals surface area contributed by atoms with E-state index in [0.717, 1.165) is 77.0 Å². The summed E-state index contributed by atoms with van der Waals surface area (Å²) >= 11 is 0. The fourth-order valence-corrected chi connectivity index (χ4v) is 7.86. The van der Waals surface area contributed by atoms with Crippen molar-refractivity contribution in [1.29, 1.82) is 0 Å². The average molecular weight is 830 g/mol. The second kappa shape index (κ2) is 47.1. The normalized spacial score (nSPS) is 13.5. The van der Waals surface area contributed by atoms with Gasteiger partial charge in [-0.15, -0.1) is 0 Å². The van der Waals surface area contributed by atoms with Crippen LogP contribution in [0.25, 0.3) is 0 Å². The number of amides is 1. The lowest BCUT2D eigenvalue weighted by Crippen LogP contribution is -2.46. The molecule has 6 nitrogen and oxygen atoms in total. The van der Waals surface area contributed by atoms with Crippen LogP contribution in [0.2, 0.25) is 0 Å². The Morgan fingerprint density at radius 2 is 0.915 bits per heavy atom. The molecule has 0 fully saturated rings. The highest BCUT2D eigenvalue weighted by Crippen LogP contribution is 2.18. The Kier molecular flexibility index (Phi) is 45.6. The third kappa shape index (κ3) is 42.6. The number of hydrogen-bond donors (Lipinski definition) is 3. The van der Waals surface area contributed by atoms with Crippen molar-refractivity contribution in [2.45, 2.75) is 283 Å². The number of unbranched alkanes of at least 4 members (excludes halogenated alkanes) is 28. The van der Waals surface area contributed by atoms with Crippen LogP contribution in [0.15, 0.2) is 36.5 Å². The minimum atomic E-state index is -0.786. The molecule has 0 saturated heterocycles. The van der Waals surface area contributed by atoms with Gasteiger partial charge in [0.15, 0.2) is 0 Å². The first-order chi connectivity index (χ1) is 29.0. The van der Waals surface area contributed by atoms with E-state index in [2.05, 4.69) is 62.5 Å². The maximum absolute atomic E-state index is 13.2. The lowest BCUT2D eigenvalue weighted by atomic mass is 10.0. The van der Waals surface area contributed by atoms with E-state index < -0.39 is 18.2 Å². The van der Waals surface area contributed by atoms with E-state index in [9.17, 15) is 19.8 Å². The summed E-state index contributed by atoms with van der Waals surface area (Å²) in [6, 6.07) is -0.700. The van der Waals surface area contributed by atoms with Crippen molar-refractivity contribution in [1.82, 2.24) is 5.32 Å². The van der Waals surface area contributed by atoms with Gasteiger partial charge in [-0.1, -0.05) is 231 Å². The van der Waals surface area contributed by atoms with Crippen LogP contribution in [0, 0.1) is 0 Å². The van der Waals surface area contributed by atoms with Gasteiger partial charge in [0.05, 0.1) is 25.2 Å². The molecule has 0 aromatic carbocycles. The van der Waals surface area contributed by atoms with Gasteiger partial charge in [-0.05, 0) is 57.8 Å². The van der Waals surface area contributed by atoms with Crippen LogP contribution >= 0.6 is 0 Å². The number of carbonyl (C=O) groups excluding carboxylic acids is 2. The lowest BCUT2D eigenvalue weighted by Gasteiger charge is -2.24. The van der Waals surface area contributed by atoms with Crippen molar-refractivity contribution in [2.75, 3.05) is 6.61 Å². The zero-order valence-corrected chi connectivity index (χ0v) is 39.4. The molecule has 59 heavy (non-hydrogen) atoms. The first-order valence-corrected chi connectivity index (χ1v) is 25.7. The highest BCUT2D eigenvalue weighted by atomic mass is 16.5. The molecule has 0 heterocycles. The predicted molar refractivity (Wildman–Crippen MR) is 255 cm³/mol. The molecule has 0 bridgehead atoms. The second-order valence-electron chi connectivity index (χ2n) is 17.5. The number of aliphatic hydroxyl groups excluding tert-OH is 2. The molecule has 6 heteroatoms. The first-order valence-electron chi connectivity index (χ1n) is 25.7. The predicted octanol–water partition coefficient (Wildman–Crippen LogP) is 15.3. The van der Waals surface area contributed by atoms with E-state index in [4.69, 9.17) is 4.74 Å². The Morgan fingerprint density at radius 1 is 0.508 bits per heavy atom. The summed E-state index contributed by atoms with van der Waals surface area (Å²) in [7, 11) is 0. The number of carbonyl (C=O) groups is 2. The minimum Gasteiger partial charge on any atom is -0.462 e. The summed E-state index contributed by atoms with van der Waals surface area (Å²) < 4.78 is 5.93. The van der Waals surface area contributed by atoms with Crippen molar-refractivity contribution in [2.24, 2.45) is 0 Å². The molecule has 3 atom stereocenters. The van der Waals surface area contributed by atoms with Gasteiger partial charge in [-0.3, -0.25) is 9.59 Å². The van der Waals surface area contributed by atoms with Gasteiger partial charge < -0.3 is 20.3 Å². The second-order valence-corrected chi connectivity index (χ2v) is 17.5. The summed E-state index contributed by atoms with van der Waals surface area (Å²) in [6.45, 7) is 6.38. The summed E-state index contributed by atoms with van der Waals surface area (Å²) in [6.07, 6.45) is 54.9.